The predicted octanol–water partition coefficient (Wildman–Crippen LogP) is 2.32. The van der Waals surface area contributed by atoms with Crippen molar-refractivity contribution < 1.29 is 4.79 Å². The monoisotopic (exact) mass is 326 g/mol. The van der Waals surface area contributed by atoms with Crippen LogP contribution in [0.4, 0.5) is 0 Å². The van der Waals surface area contributed by atoms with Crippen molar-refractivity contribution in [2.45, 2.75) is 38.8 Å². The van der Waals surface area contributed by atoms with Crippen LogP contribution in [0.3, 0.4) is 0 Å². The van der Waals surface area contributed by atoms with Crippen LogP contribution in [-0.4, -0.2) is 46.8 Å². The molecule has 1 saturated heterocycles. The summed E-state index contributed by atoms with van der Waals surface area (Å²) >= 11 is 0. The number of aromatic nitrogens is 2. The van der Waals surface area contributed by atoms with E-state index in [-0.39, 0.29) is 5.91 Å². The van der Waals surface area contributed by atoms with Gasteiger partial charge in [-0.2, -0.15) is 5.10 Å². The van der Waals surface area contributed by atoms with Gasteiger partial charge in [-0.1, -0.05) is 37.3 Å². The third-order valence-corrected chi connectivity index (χ3v) is 4.88. The smallest absolute Gasteiger partial charge is 0.257 e. The first-order valence-electron chi connectivity index (χ1n) is 8.78. The topological polar surface area (TPSA) is 50.2 Å². The molecular formula is C19H26N4O. The number of amides is 1. The molecule has 0 saturated carbocycles. The molecule has 0 atom stereocenters. The molecule has 5 heteroatoms. The first-order chi connectivity index (χ1) is 11.7. The lowest BCUT2D eigenvalue weighted by Crippen LogP contribution is -2.44. The van der Waals surface area contributed by atoms with E-state index in [9.17, 15) is 4.79 Å². The number of carbonyl (C=O) groups excluding carboxylic acids is 1. The second-order valence-electron chi connectivity index (χ2n) is 6.36. The van der Waals surface area contributed by atoms with Crippen LogP contribution in [-0.2, 0) is 13.0 Å². The lowest BCUT2D eigenvalue weighted by Gasteiger charge is -2.31. The van der Waals surface area contributed by atoms with Crippen molar-refractivity contribution in [3.8, 4) is 0 Å². The van der Waals surface area contributed by atoms with E-state index in [0.29, 0.717) is 12.6 Å². The van der Waals surface area contributed by atoms with E-state index in [0.717, 1.165) is 43.6 Å². The number of rotatable bonds is 5. The second kappa shape index (κ2) is 7.62. The fourth-order valence-electron chi connectivity index (χ4n) is 3.40. The number of likely N-dealkylation sites (tertiary alicyclic amines) is 1. The summed E-state index contributed by atoms with van der Waals surface area (Å²) in [6, 6.07) is 10.8. The van der Waals surface area contributed by atoms with E-state index >= 15 is 0 Å². The minimum atomic E-state index is 0.126. The van der Waals surface area contributed by atoms with Crippen LogP contribution < -0.4 is 5.32 Å². The second-order valence-corrected chi connectivity index (χ2v) is 6.36. The first-order valence-corrected chi connectivity index (χ1v) is 8.78. The Morgan fingerprint density at radius 3 is 2.58 bits per heavy atom. The molecule has 3 rings (SSSR count). The molecule has 1 aliphatic rings. The molecule has 2 heterocycles. The number of hydrogen-bond donors (Lipinski definition) is 1. The third kappa shape index (κ3) is 3.51. The lowest BCUT2D eigenvalue weighted by atomic mass is 10.0. The quantitative estimate of drug-likeness (QED) is 0.917. The van der Waals surface area contributed by atoms with Crippen molar-refractivity contribution in [1.82, 2.24) is 20.0 Å². The zero-order chi connectivity index (χ0) is 16.9. The molecule has 0 radical (unpaired) electrons. The van der Waals surface area contributed by atoms with Crippen molar-refractivity contribution in [2.75, 3.05) is 20.1 Å². The zero-order valence-corrected chi connectivity index (χ0v) is 14.5. The van der Waals surface area contributed by atoms with Gasteiger partial charge in [0, 0.05) is 19.1 Å². The summed E-state index contributed by atoms with van der Waals surface area (Å²) in [5.74, 6) is 0.126. The third-order valence-electron chi connectivity index (χ3n) is 4.88. The number of benzene rings is 1. The summed E-state index contributed by atoms with van der Waals surface area (Å²) in [6.45, 7) is 4.43. The molecule has 2 aromatic rings. The average Bonchev–Trinajstić information content (AvgIpc) is 3.04. The Balaban J connectivity index is 1.75. The molecule has 0 unspecified atom stereocenters. The van der Waals surface area contributed by atoms with E-state index in [1.807, 2.05) is 34.8 Å². The van der Waals surface area contributed by atoms with E-state index in [2.05, 4.69) is 29.5 Å². The molecule has 1 aromatic heterocycles. The van der Waals surface area contributed by atoms with E-state index in [4.69, 9.17) is 0 Å². The maximum atomic E-state index is 12.9. The van der Waals surface area contributed by atoms with Gasteiger partial charge in [-0.3, -0.25) is 9.48 Å². The highest BCUT2D eigenvalue weighted by Gasteiger charge is 2.25. The molecule has 0 spiro atoms. The molecular weight excluding hydrogens is 300 g/mol. The van der Waals surface area contributed by atoms with Crippen LogP contribution in [0.15, 0.2) is 36.5 Å². The SMILES string of the molecule is CCc1c(C(=O)N2CCC(NC)CC2)cnn1Cc1ccccc1. The van der Waals surface area contributed by atoms with Crippen molar-refractivity contribution in [2.24, 2.45) is 0 Å². The lowest BCUT2D eigenvalue weighted by molar-refractivity contribution is 0.0706. The van der Waals surface area contributed by atoms with Gasteiger partial charge in [0.05, 0.1) is 24.0 Å². The fraction of sp³-hybridized carbons (Fsp3) is 0.474. The van der Waals surface area contributed by atoms with Crippen molar-refractivity contribution in [1.29, 1.82) is 0 Å². The van der Waals surface area contributed by atoms with Crippen LogP contribution in [0.1, 0.15) is 41.4 Å². The number of carbonyl (C=O) groups is 1. The van der Waals surface area contributed by atoms with Crippen molar-refractivity contribution in [3.05, 3.63) is 53.3 Å². The normalized spacial score (nSPS) is 15.7. The van der Waals surface area contributed by atoms with Gasteiger partial charge < -0.3 is 10.2 Å². The summed E-state index contributed by atoms with van der Waals surface area (Å²) < 4.78 is 1.96. The predicted molar refractivity (Wildman–Crippen MR) is 95.1 cm³/mol. The molecule has 1 aromatic carbocycles. The fourth-order valence-corrected chi connectivity index (χ4v) is 3.40. The van der Waals surface area contributed by atoms with Crippen molar-refractivity contribution >= 4 is 5.91 Å². The standard InChI is InChI=1S/C19H26N4O/c1-3-18-17(19(24)22-11-9-16(20-2)10-12-22)13-21-23(18)14-15-7-5-4-6-8-15/h4-8,13,16,20H,3,9-12,14H2,1-2H3. The van der Waals surface area contributed by atoms with E-state index < -0.39 is 0 Å². The van der Waals surface area contributed by atoms with Crippen LogP contribution in [0.2, 0.25) is 0 Å². The molecule has 0 aliphatic carbocycles. The van der Waals surface area contributed by atoms with Gasteiger partial charge in [0.15, 0.2) is 0 Å². The molecule has 1 aliphatic heterocycles. The van der Waals surface area contributed by atoms with Crippen LogP contribution in [0.25, 0.3) is 0 Å². The number of nitrogens with one attached hydrogen (secondary N) is 1. The Kier molecular flexibility index (Phi) is 5.30. The number of piperidine rings is 1. The molecule has 1 fully saturated rings. The van der Waals surface area contributed by atoms with Gasteiger partial charge in [0.25, 0.3) is 5.91 Å². The van der Waals surface area contributed by atoms with Gasteiger partial charge in [-0.15, -0.1) is 0 Å². The average molecular weight is 326 g/mol. The molecule has 1 amide bonds. The van der Waals surface area contributed by atoms with Gasteiger partial charge in [-0.05, 0) is 31.9 Å². The van der Waals surface area contributed by atoms with Gasteiger partial charge in [0.2, 0.25) is 0 Å². The maximum absolute atomic E-state index is 12.9. The highest BCUT2D eigenvalue weighted by atomic mass is 16.2. The minimum absolute atomic E-state index is 0.126. The van der Waals surface area contributed by atoms with E-state index in [1.54, 1.807) is 6.20 Å². The van der Waals surface area contributed by atoms with Crippen LogP contribution in [0, 0.1) is 0 Å². The minimum Gasteiger partial charge on any atom is -0.338 e. The van der Waals surface area contributed by atoms with Gasteiger partial charge in [-0.25, -0.2) is 0 Å². The Labute approximate surface area is 143 Å². The highest BCUT2D eigenvalue weighted by Crippen LogP contribution is 2.18. The molecule has 24 heavy (non-hydrogen) atoms. The summed E-state index contributed by atoms with van der Waals surface area (Å²) in [5, 5.41) is 7.79. The molecule has 5 nitrogen and oxygen atoms in total. The zero-order valence-electron chi connectivity index (χ0n) is 14.5. The summed E-state index contributed by atoms with van der Waals surface area (Å²) in [5.41, 5.74) is 2.99. The number of nitrogens with zero attached hydrogens (tertiary/aromatic N) is 3. The Bertz CT molecular complexity index is 672. The molecule has 128 valence electrons. The Morgan fingerprint density at radius 1 is 1.25 bits per heavy atom. The highest BCUT2D eigenvalue weighted by molar-refractivity contribution is 5.95. The van der Waals surface area contributed by atoms with Gasteiger partial charge in [0.1, 0.15) is 0 Å². The Hall–Kier alpha value is -2.14. The Morgan fingerprint density at radius 2 is 1.96 bits per heavy atom. The van der Waals surface area contributed by atoms with Crippen LogP contribution >= 0.6 is 0 Å². The first kappa shape index (κ1) is 16.7. The van der Waals surface area contributed by atoms with E-state index in [1.165, 1.54) is 5.56 Å². The van der Waals surface area contributed by atoms with Gasteiger partial charge >= 0.3 is 0 Å². The maximum Gasteiger partial charge on any atom is 0.257 e. The van der Waals surface area contributed by atoms with Crippen molar-refractivity contribution in [3.63, 3.8) is 0 Å². The van der Waals surface area contributed by atoms with Crippen LogP contribution in [0.5, 0.6) is 0 Å². The summed E-state index contributed by atoms with van der Waals surface area (Å²) in [6.07, 6.45) is 4.58. The summed E-state index contributed by atoms with van der Waals surface area (Å²) in [4.78, 5) is 14.9. The largest absolute Gasteiger partial charge is 0.338 e. The molecule has 0 bridgehead atoms. The summed E-state index contributed by atoms with van der Waals surface area (Å²) in [7, 11) is 1.99. The molecule has 1 N–H and O–H groups in total. The number of hydrogen-bond acceptors (Lipinski definition) is 3.